The van der Waals surface area contributed by atoms with Gasteiger partial charge < -0.3 is 47.9 Å². The third-order valence-corrected chi connectivity index (χ3v) is 11.5. The molecule has 0 fully saturated rings. The second-order valence-corrected chi connectivity index (χ2v) is 19.5. The molecule has 13 nitrogen and oxygen atoms in total. The van der Waals surface area contributed by atoms with Crippen molar-refractivity contribution in [3.05, 3.63) is 89.0 Å². The second-order valence-electron chi connectivity index (χ2n) is 19.5. The Hall–Kier alpha value is -4.69. The fourth-order valence-corrected chi connectivity index (χ4v) is 7.39. The van der Waals surface area contributed by atoms with Gasteiger partial charge in [0.1, 0.15) is 6.61 Å². The van der Waals surface area contributed by atoms with Gasteiger partial charge in [-0.25, -0.2) is 4.79 Å². The molecule has 0 amide bonds. The molecule has 1 aliphatic heterocycles. The van der Waals surface area contributed by atoms with Gasteiger partial charge >= 0.3 is 17.9 Å². The number of rotatable bonds is 26. The lowest BCUT2D eigenvalue weighted by Crippen LogP contribution is -2.38. The quantitative estimate of drug-likeness (QED) is 0.0565. The van der Waals surface area contributed by atoms with Crippen molar-refractivity contribution in [3.63, 3.8) is 0 Å². The Bertz CT molecular complexity index is 1990. The van der Waals surface area contributed by atoms with Crippen molar-refractivity contribution in [3.8, 4) is 0 Å². The van der Waals surface area contributed by atoms with Crippen LogP contribution in [0.15, 0.2) is 66.7 Å². The molecule has 0 radical (unpaired) electrons. The van der Waals surface area contributed by atoms with Crippen molar-refractivity contribution in [2.75, 3.05) is 95.6 Å². The molecule has 3 aromatic carbocycles. The summed E-state index contributed by atoms with van der Waals surface area (Å²) in [5.41, 5.74) is 2.77. The van der Waals surface area contributed by atoms with Crippen LogP contribution in [0.5, 0.6) is 0 Å². The van der Waals surface area contributed by atoms with Crippen LogP contribution in [0.2, 0.25) is 0 Å². The number of carbonyl (C=O) groups is 3. The summed E-state index contributed by atoms with van der Waals surface area (Å²) in [4.78, 5) is 42.6. The van der Waals surface area contributed by atoms with Gasteiger partial charge in [0.05, 0.1) is 61.0 Å². The fraction of sp³-hybridized carbons (Fsp3) is 0.588. The van der Waals surface area contributed by atoms with E-state index < -0.39 is 28.0 Å². The average Bonchev–Trinajstić information content (AvgIpc) is 3.51. The number of hydrogen-bond acceptors (Lipinski definition) is 13. The smallest absolute Gasteiger partial charge is 0.340 e. The van der Waals surface area contributed by atoms with Gasteiger partial charge in [-0.05, 0) is 105 Å². The maximum absolute atomic E-state index is 13.8. The van der Waals surface area contributed by atoms with E-state index in [-0.39, 0.29) is 24.5 Å². The van der Waals surface area contributed by atoms with Gasteiger partial charge in [-0.2, -0.15) is 0 Å². The maximum atomic E-state index is 13.8. The topological polar surface area (TPSA) is 126 Å². The Morgan fingerprint density at radius 1 is 0.547 bits per heavy atom. The predicted octanol–water partition coefficient (Wildman–Crippen LogP) is 8.56. The van der Waals surface area contributed by atoms with E-state index in [9.17, 15) is 14.4 Å². The van der Waals surface area contributed by atoms with Crippen molar-refractivity contribution in [1.29, 1.82) is 0 Å². The molecule has 0 spiro atoms. The molecular weight excluding hydrogens is 815 g/mol. The highest BCUT2D eigenvalue weighted by Gasteiger charge is 2.49. The summed E-state index contributed by atoms with van der Waals surface area (Å²) in [6, 6.07) is 22.4. The van der Waals surface area contributed by atoms with Crippen LogP contribution in [0.1, 0.15) is 116 Å². The molecule has 1 aliphatic rings. The molecule has 0 aromatic heterocycles. The highest BCUT2D eigenvalue weighted by atomic mass is 16.6. The third-order valence-electron chi connectivity index (χ3n) is 11.5. The molecule has 1 heterocycles. The van der Waals surface area contributed by atoms with Crippen LogP contribution in [0.4, 0.5) is 17.1 Å². The van der Waals surface area contributed by atoms with E-state index in [1.54, 1.807) is 0 Å². The minimum Gasteiger partial charge on any atom is -0.466 e. The summed E-state index contributed by atoms with van der Waals surface area (Å²) in [5.74, 6) is -1.00. The molecule has 1 unspecified atom stereocenters. The number of ether oxygens (including phenoxy) is 7. The van der Waals surface area contributed by atoms with E-state index in [1.807, 2.05) is 122 Å². The van der Waals surface area contributed by atoms with Crippen LogP contribution in [0.25, 0.3) is 0 Å². The summed E-state index contributed by atoms with van der Waals surface area (Å²) in [5, 5.41) is 0. The lowest BCUT2D eigenvalue weighted by Gasteiger charge is -2.33. The molecule has 0 aliphatic carbocycles. The van der Waals surface area contributed by atoms with Gasteiger partial charge in [-0.1, -0.05) is 30.3 Å². The third kappa shape index (κ3) is 14.9. The Morgan fingerprint density at radius 3 is 1.44 bits per heavy atom. The Morgan fingerprint density at radius 2 is 0.969 bits per heavy atom. The first-order valence-electron chi connectivity index (χ1n) is 22.4. The standard InChI is InChI=1S/C51H75N3O10/c1-37(55)58-30-25-47(3,4)60-31-26-48(5,6)62-33-28-54(29-34-63-49(7,8)27-32-61-50(9,10)36-59-38(2)56)42-21-17-40(18-22-42)51(39-15-19-41(20-16-39)52(11)12)45-24-23-43(53(13)14)35-44(45)46(57)64-51/h15-24,35H,25-34,36H2,1-14H3. The molecule has 0 saturated heterocycles. The van der Waals surface area contributed by atoms with Crippen molar-refractivity contribution >= 4 is 35.0 Å². The van der Waals surface area contributed by atoms with Crippen molar-refractivity contribution in [1.82, 2.24) is 0 Å². The Balaban J connectivity index is 1.56. The monoisotopic (exact) mass is 890 g/mol. The number of benzene rings is 3. The first kappa shape index (κ1) is 51.9. The Labute approximate surface area is 382 Å². The molecule has 0 N–H and O–H groups in total. The van der Waals surface area contributed by atoms with Crippen molar-refractivity contribution in [2.24, 2.45) is 0 Å². The van der Waals surface area contributed by atoms with Crippen molar-refractivity contribution in [2.45, 2.75) is 117 Å². The Kier molecular flexibility index (Phi) is 17.9. The molecule has 354 valence electrons. The molecule has 1 atom stereocenters. The van der Waals surface area contributed by atoms with Crippen LogP contribution in [0, 0.1) is 0 Å². The van der Waals surface area contributed by atoms with E-state index >= 15 is 0 Å². The summed E-state index contributed by atoms with van der Waals surface area (Å²) in [6.07, 6.45) is 1.90. The highest BCUT2D eigenvalue weighted by Crippen LogP contribution is 2.48. The fourth-order valence-electron chi connectivity index (χ4n) is 7.39. The van der Waals surface area contributed by atoms with E-state index in [2.05, 4.69) is 43.0 Å². The van der Waals surface area contributed by atoms with E-state index in [0.717, 1.165) is 33.8 Å². The number of fused-ring (bicyclic) bond motifs is 1. The van der Waals surface area contributed by atoms with Gasteiger partial charge in [-0.15, -0.1) is 0 Å². The van der Waals surface area contributed by atoms with Crippen LogP contribution < -0.4 is 14.7 Å². The van der Waals surface area contributed by atoms with Gasteiger partial charge in [-0.3, -0.25) is 9.59 Å². The van der Waals surface area contributed by atoms with E-state index in [4.69, 9.17) is 33.2 Å². The molecule has 13 heteroatoms. The highest BCUT2D eigenvalue weighted by molar-refractivity contribution is 5.97. The second kappa shape index (κ2) is 22.0. The van der Waals surface area contributed by atoms with E-state index in [0.29, 0.717) is 70.9 Å². The maximum Gasteiger partial charge on any atom is 0.340 e. The minimum absolute atomic E-state index is 0.176. The van der Waals surface area contributed by atoms with Crippen LogP contribution in [-0.4, -0.2) is 121 Å². The zero-order valence-corrected chi connectivity index (χ0v) is 41.1. The summed E-state index contributed by atoms with van der Waals surface area (Å²) >= 11 is 0. The van der Waals surface area contributed by atoms with Gasteiger partial charge in [0.25, 0.3) is 0 Å². The zero-order chi connectivity index (χ0) is 47.5. The molecule has 0 saturated carbocycles. The van der Waals surface area contributed by atoms with Crippen molar-refractivity contribution < 1.29 is 47.5 Å². The lowest BCUT2D eigenvalue weighted by atomic mass is 9.79. The average molecular weight is 890 g/mol. The molecule has 0 bridgehead atoms. The molecule has 4 rings (SSSR count). The van der Waals surface area contributed by atoms with Crippen LogP contribution in [0.3, 0.4) is 0 Å². The normalized spacial score (nSPS) is 15.4. The van der Waals surface area contributed by atoms with Gasteiger partial charge in [0, 0.05) is 95.3 Å². The number of hydrogen-bond donors (Lipinski definition) is 0. The SMILES string of the molecule is CC(=O)OCCC(C)(C)OCCC(C)(C)OCCN(CCOC(C)(C)CCOC(C)(C)COC(C)=O)c1ccc(C2(c3ccc(N(C)C)cc3)OC(=O)c3cc(N(C)C)ccc32)cc1. The van der Waals surface area contributed by atoms with Gasteiger partial charge in [0.15, 0.2) is 5.60 Å². The predicted molar refractivity (Wildman–Crippen MR) is 253 cm³/mol. The number of carbonyl (C=O) groups excluding carboxylic acids is 3. The number of anilines is 3. The molecule has 64 heavy (non-hydrogen) atoms. The van der Waals surface area contributed by atoms with E-state index in [1.165, 1.54) is 13.8 Å². The molecule has 3 aromatic rings. The number of esters is 3. The van der Waals surface area contributed by atoms with Gasteiger partial charge in [0.2, 0.25) is 0 Å². The number of nitrogens with zero attached hydrogens (tertiary/aromatic N) is 3. The lowest BCUT2D eigenvalue weighted by molar-refractivity contribution is -0.152. The summed E-state index contributed by atoms with van der Waals surface area (Å²) in [7, 11) is 7.91. The summed E-state index contributed by atoms with van der Waals surface area (Å²) in [6.45, 7) is 22.3. The minimum atomic E-state index is -1.16. The first-order valence-corrected chi connectivity index (χ1v) is 22.4. The van der Waals surface area contributed by atoms with Crippen LogP contribution >= 0.6 is 0 Å². The summed E-state index contributed by atoms with van der Waals surface area (Å²) < 4.78 is 42.1. The molecular formula is C51H75N3O10. The zero-order valence-electron chi connectivity index (χ0n) is 41.1. The van der Waals surface area contributed by atoms with Crippen LogP contribution in [-0.2, 0) is 48.3 Å². The largest absolute Gasteiger partial charge is 0.466 e. The first-order chi connectivity index (χ1) is 29.9. The number of cyclic esters (lactones) is 1.